The Morgan fingerprint density at radius 1 is 1.07 bits per heavy atom. The zero-order valence-corrected chi connectivity index (χ0v) is 15.0. The number of non-ortho nitro benzene ring substituents is 1. The largest absolute Gasteiger partial charge is 0.378 e. The van der Waals surface area contributed by atoms with Gasteiger partial charge < -0.3 is 15.0 Å². The lowest BCUT2D eigenvalue weighted by Crippen LogP contribution is -2.44. The third-order valence-electron chi connectivity index (χ3n) is 4.20. The SMILES string of the molecule is O=C(N/C(=C/c1cccc([N+](=O)[O-])c1)C(=O)N1CCOCC1)c1ccccc1. The van der Waals surface area contributed by atoms with E-state index in [0.29, 0.717) is 37.4 Å². The van der Waals surface area contributed by atoms with E-state index in [1.165, 1.54) is 24.3 Å². The molecule has 2 aromatic rings. The smallest absolute Gasteiger partial charge is 0.270 e. The normalized spacial score (nSPS) is 14.4. The third-order valence-corrected chi connectivity index (χ3v) is 4.20. The van der Waals surface area contributed by atoms with Crippen molar-refractivity contribution in [2.45, 2.75) is 0 Å². The summed E-state index contributed by atoms with van der Waals surface area (Å²) in [4.78, 5) is 37.6. The van der Waals surface area contributed by atoms with E-state index >= 15 is 0 Å². The fourth-order valence-electron chi connectivity index (χ4n) is 2.77. The Kier molecular flexibility index (Phi) is 6.13. The molecule has 0 unspecified atom stereocenters. The second-order valence-corrected chi connectivity index (χ2v) is 6.13. The van der Waals surface area contributed by atoms with Gasteiger partial charge in [-0.25, -0.2) is 0 Å². The summed E-state index contributed by atoms with van der Waals surface area (Å²) < 4.78 is 5.26. The minimum absolute atomic E-state index is 0.0521. The molecule has 0 radical (unpaired) electrons. The molecule has 0 aromatic heterocycles. The van der Waals surface area contributed by atoms with Crippen molar-refractivity contribution in [3.63, 3.8) is 0 Å². The van der Waals surface area contributed by atoms with Crippen molar-refractivity contribution in [2.24, 2.45) is 0 Å². The number of ether oxygens (including phenoxy) is 1. The average molecular weight is 381 g/mol. The predicted octanol–water partition coefficient (Wildman–Crippen LogP) is 2.22. The Labute approximate surface area is 161 Å². The highest BCUT2D eigenvalue weighted by Crippen LogP contribution is 2.16. The third kappa shape index (κ3) is 4.80. The van der Waals surface area contributed by atoms with Crippen molar-refractivity contribution < 1.29 is 19.2 Å². The molecule has 0 aliphatic carbocycles. The monoisotopic (exact) mass is 381 g/mol. The number of hydrogen-bond acceptors (Lipinski definition) is 5. The summed E-state index contributed by atoms with van der Waals surface area (Å²) in [5, 5.41) is 13.7. The summed E-state index contributed by atoms with van der Waals surface area (Å²) in [7, 11) is 0. The number of morpholine rings is 1. The number of hydrogen-bond donors (Lipinski definition) is 1. The summed E-state index contributed by atoms with van der Waals surface area (Å²) in [6.07, 6.45) is 1.45. The number of carbonyl (C=O) groups excluding carboxylic acids is 2. The number of rotatable bonds is 5. The van der Waals surface area contributed by atoms with E-state index in [1.54, 1.807) is 41.3 Å². The number of amides is 2. The minimum Gasteiger partial charge on any atom is -0.378 e. The van der Waals surface area contributed by atoms with Crippen LogP contribution in [0.15, 0.2) is 60.3 Å². The highest BCUT2D eigenvalue weighted by molar-refractivity contribution is 6.05. The van der Waals surface area contributed by atoms with E-state index in [1.807, 2.05) is 0 Å². The summed E-state index contributed by atoms with van der Waals surface area (Å²) in [5.74, 6) is -0.794. The van der Waals surface area contributed by atoms with Crippen molar-refractivity contribution >= 4 is 23.6 Å². The first-order valence-corrected chi connectivity index (χ1v) is 8.74. The van der Waals surface area contributed by atoms with E-state index in [2.05, 4.69) is 5.32 Å². The molecule has 8 nitrogen and oxygen atoms in total. The summed E-state index contributed by atoms with van der Waals surface area (Å²) in [6.45, 7) is 1.66. The molecule has 1 heterocycles. The van der Waals surface area contributed by atoms with Crippen molar-refractivity contribution in [2.75, 3.05) is 26.3 Å². The van der Waals surface area contributed by atoms with Gasteiger partial charge in [0.2, 0.25) is 0 Å². The molecule has 144 valence electrons. The number of benzene rings is 2. The maximum Gasteiger partial charge on any atom is 0.270 e. The van der Waals surface area contributed by atoms with Crippen LogP contribution in [0.4, 0.5) is 5.69 Å². The number of nitro groups is 1. The first-order valence-electron chi connectivity index (χ1n) is 8.74. The first kappa shape index (κ1) is 19.2. The molecule has 2 aromatic carbocycles. The molecule has 1 aliphatic rings. The van der Waals surface area contributed by atoms with Crippen LogP contribution in [-0.2, 0) is 9.53 Å². The summed E-state index contributed by atoms with van der Waals surface area (Å²) >= 11 is 0. The Bertz CT molecular complexity index is 905. The molecule has 8 heteroatoms. The lowest BCUT2D eigenvalue weighted by atomic mass is 10.1. The zero-order valence-electron chi connectivity index (χ0n) is 15.0. The molecule has 0 spiro atoms. The van der Waals surface area contributed by atoms with Gasteiger partial charge in [-0.1, -0.05) is 30.3 Å². The molecule has 1 N–H and O–H groups in total. The van der Waals surface area contributed by atoms with Crippen LogP contribution < -0.4 is 5.32 Å². The molecule has 2 amide bonds. The van der Waals surface area contributed by atoms with Crippen LogP contribution in [0.1, 0.15) is 15.9 Å². The molecule has 3 rings (SSSR count). The minimum atomic E-state index is -0.511. The molecule has 28 heavy (non-hydrogen) atoms. The zero-order chi connectivity index (χ0) is 19.9. The molecular weight excluding hydrogens is 362 g/mol. The quantitative estimate of drug-likeness (QED) is 0.486. The lowest BCUT2D eigenvalue weighted by Gasteiger charge is -2.27. The van der Waals surface area contributed by atoms with Crippen molar-refractivity contribution in [3.8, 4) is 0 Å². The van der Waals surface area contributed by atoms with Gasteiger partial charge in [-0.15, -0.1) is 0 Å². The van der Waals surface area contributed by atoms with Crippen LogP contribution in [0, 0.1) is 10.1 Å². The van der Waals surface area contributed by atoms with E-state index in [9.17, 15) is 19.7 Å². The Balaban J connectivity index is 1.91. The van der Waals surface area contributed by atoms with E-state index in [0.717, 1.165) is 0 Å². The Morgan fingerprint density at radius 2 is 1.79 bits per heavy atom. The standard InChI is InChI=1S/C20H19N3O5/c24-19(16-6-2-1-3-7-16)21-18(20(25)22-9-11-28-12-10-22)14-15-5-4-8-17(13-15)23(26)27/h1-8,13-14H,9-12H2,(H,21,24)/b18-14+. The second kappa shape index (κ2) is 8.92. The van der Waals surface area contributed by atoms with Crippen molar-refractivity contribution in [3.05, 3.63) is 81.5 Å². The van der Waals surface area contributed by atoms with Gasteiger partial charge in [-0.05, 0) is 23.8 Å². The summed E-state index contributed by atoms with van der Waals surface area (Å²) in [5.41, 5.74) is 0.805. The summed E-state index contributed by atoms with van der Waals surface area (Å²) in [6, 6.07) is 14.4. The van der Waals surface area contributed by atoms with Gasteiger partial charge in [-0.2, -0.15) is 0 Å². The maximum absolute atomic E-state index is 12.9. The van der Waals surface area contributed by atoms with E-state index in [-0.39, 0.29) is 17.3 Å². The molecule has 0 saturated carbocycles. The van der Waals surface area contributed by atoms with Gasteiger partial charge in [0.1, 0.15) is 5.70 Å². The van der Waals surface area contributed by atoms with Crippen molar-refractivity contribution in [1.82, 2.24) is 10.2 Å². The molecular formula is C20H19N3O5. The Morgan fingerprint density at radius 3 is 2.46 bits per heavy atom. The fraction of sp³-hybridized carbons (Fsp3) is 0.200. The second-order valence-electron chi connectivity index (χ2n) is 6.13. The number of carbonyl (C=O) groups is 2. The fourth-order valence-corrected chi connectivity index (χ4v) is 2.77. The molecule has 0 atom stereocenters. The van der Waals surface area contributed by atoms with Crippen LogP contribution in [0.5, 0.6) is 0 Å². The van der Waals surface area contributed by atoms with Gasteiger partial charge >= 0.3 is 0 Å². The van der Waals surface area contributed by atoms with Gasteiger partial charge in [0.05, 0.1) is 18.1 Å². The van der Waals surface area contributed by atoms with Crippen LogP contribution in [0.25, 0.3) is 6.08 Å². The van der Waals surface area contributed by atoms with Gasteiger partial charge in [0.15, 0.2) is 0 Å². The average Bonchev–Trinajstić information content (AvgIpc) is 2.74. The number of nitrogens with zero attached hydrogens (tertiary/aromatic N) is 2. The molecule has 1 saturated heterocycles. The maximum atomic E-state index is 12.9. The van der Waals surface area contributed by atoms with Gasteiger partial charge in [0.25, 0.3) is 17.5 Å². The Hall–Kier alpha value is -3.52. The number of nitrogens with one attached hydrogen (secondary N) is 1. The number of nitro benzene ring substituents is 1. The topological polar surface area (TPSA) is 102 Å². The van der Waals surface area contributed by atoms with E-state index in [4.69, 9.17) is 4.74 Å². The predicted molar refractivity (Wildman–Crippen MR) is 102 cm³/mol. The van der Waals surface area contributed by atoms with Gasteiger partial charge in [-0.3, -0.25) is 19.7 Å². The highest BCUT2D eigenvalue weighted by atomic mass is 16.6. The first-order chi connectivity index (χ1) is 13.5. The molecule has 0 bridgehead atoms. The molecule has 1 fully saturated rings. The van der Waals surface area contributed by atoms with Crippen LogP contribution >= 0.6 is 0 Å². The van der Waals surface area contributed by atoms with Crippen LogP contribution in [0.3, 0.4) is 0 Å². The highest BCUT2D eigenvalue weighted by Gasteiger charge is 2.23. The van der Waals surface area contributed by atoms with E-state index < -0.39 is 10.8 Å². The molecule has 1 aliphatic heterocycles. The van der Waals surface area contributed by atoms with Crippen LogP contribution in [-0.4, -0.2) is 47.9 Å². The van der Waals surface area contributed by atoms with Crippen LogP contribution in [0.2, 0.25) is 0 Å². The van der Waals surface area contributed by atoms with Crippen molar-refractivity contribution in [1.29, 1.82) is 0 Å². The lowest BCUT2D eigenvalue weighted by molar-refractivity contribution is -0.384. The van der Waals surface area contributed by atoms with Gasteiger partial charge in [0, 0.05) is 30.8 Å².